The second-order valence-corrected chi connectivity index (χ2v) is 5.44. The van der Waals surface area contributed by atoms with Crippen molar-refractivity contribution in [2.24, 2.45) is 0 Å². The number of fused-ring (bicyclic) bond motifs is 1. The lowest BCUT2D eigenvalue weighted by molar-refractivity contribution is -0.155. The molecule has 0 spiro atoms. The van der Waals surface area contributed by atoms with Gasteiger partial charge >= 0.3 is 6.18 Å². The van der Waals surface area contributed by atoms with Crippen molar-refractivity contribution in [2.45, 2.75) is 32.0 Å². The number of hydrogen-bond donors (Lipinski definition) is 1. The molecule has 2 aromatic rings. The standard InChI is InChI=1S/C13H15F3N2S/c1-2-7-17-11(13(14,15)16)8-12-18-9-5-3-4-6-10(9)19-12/h3-6,11,17H,2,7-8H2,1H3. The first-order chi connectivity index (χ1) is 9.00. The van der Waals surface area contributed by atoms with Crippen LogP contribution in [0.2, 0.25) is 0 Å². The minimum Gasteiger partial charge on any atom is -0.306 e. The number of halogens is 3. The molecule has 0 aliphatic carbocycles. The van der Waals surface area contributed by atoms with Crippen molar-refractivity contribution < 1.29 is 13.2 Å². The fraction of sp³-hybridized carbons (Fsp3) is 0.462. The van der Waals surface area contributed by atoms with Crippen molar-refractivity contribution in [1.82, 2.24) is 10.3 Å². The number of nitrogens with one attached hydrogen (secondary N) is 1. The van der Waals surface area contributed by atoms with E-state index in [9.17, 15) is 13.2 Å². The van der Waals surface area contributed by atoms with Crippen molar-refractivity contribution >= 4 is 21.6 Å². The molecule has 1 aromatic heterocycles. The van der Waals surface area contributed by atoms with E-state index in [4.69, 9.17) is 0 Å². The topological polar surface area (TPSA) is 24.9 Å². The summed E-state index contributed by atoms with van der Waals surface area (Å²) in [7, 11) is 0. The summed E-state index contributed by atoms with van der Waals surface area (Å²) in [5.74, 6) is 0. The molecule has 1 unspecified atom stereocenters. The highest BCUT2D eigenvalue weighted by atomic mass is 32.1. The van der Waals surface area contributed by atoms with Crippen LogP contribution in [-0.4, -0.2) is 23.7 Å². The van der Waals surface area contributed by atoms with Crippen molar-refractivity contribution in [2.75, 3.05) is 6.54 Å². The summed E-state index contributed by atoms with van der Waals surface area (Å²) in [6.07, 6.45) is -3.68. The number of aromatic nitrogens is 1. The fourth-order valence-electron chi connectivity index (χ4n) is 1.80. The summed E-state index contributed by atoms with van der Waals surface area (Å²) in [4.78, 5) is 4.25. The molecule has 0 saturated carbocycles. The average molecular weight is 288 g/mol. The maximum absolute atomic E-state index is 12.9. The van der Waals surface area contributed by atoms with E-state index >= 15 is 0 Å². The zero-order valence-corrected chi connectivity index (χ0v) is 11.3. The monoisotopic (exact) mass is 288 g/mol. The van der Waals surface area contributed by atoms with Gasteiger partial charge in [-0.15, -0.1) is 11.3 Å². The van der Waals surface area contributed by atoms with Crippen LogP contribution in [0.4, 0.5) is 13.2 Å². The minimum absolute atomic E-state index is 0.108. The number of alkyl halides is 3. The van der Waals surface area contributed by atoms with E-state index in [0.717, 1.165) is 10.2 Å². The zero-order valence-electron chi connectivity index (χ0n) is 10.5. The molecule has 2 rings (SSSR count). The summed E-state index contributed by atoms with van der Waals surface area (Å²) >= 11 is 1.32. The fourth-order valence-corrected chi connectivity index (χ4v) is 2.82. The summed E-state index contributed by atoms with van der Waals surface area (Å²) < 4.78 is 39.6. The van der Waals surface area contributed by atoms with Gasteiger partial charge in [0.2, 0.25) is 0 Å². The van der Waals surface area contributed by atoms with Gasteiger partial charge in [-0.25, -0.2) is 4.98 Å². The third-order valence-corrected chi connectivity index (χ3v) is 3.81. The Balaban J connectivity index is 2.15. The van der Waals surface area contributed by atoms with E-state index in [1.165, 1.54) is 11.3 Å². The van der Waals surface area contributed by atoms with Crippen molar-refractivity contribution in [3.63, 3.8) is 0 Å². The first-order valence-electron chi connectivity index (χ1n) is 6.15. The molecule has 19 heavy (non-hydrogen) atoms. The largest absolute Gasteiger partial charge is 0.404 e. The summed E-state index contributed by atoms with van der Waals surface area (Å²) in [6, 6.07) is 5.87. The number of para-hydroxylation sites is 1. The van der Waals surface area contributed by atoms with Crippen LogP contribution in [-0.2, 0) is 6.42 Å². The summed E-state index contributed by atoms with van der Waals surface area (Å²) in [5, 5.41) is 3.06. The van der Waals surface area contributed by atoms with Gasteiger partial charge in [-0.1, -0.05) is 19.1 Å². The SMILES string of the molecule is CCCNC(Cc1nc2ccccc2s1)C(F)(F)F. The van der Waals surface area contributed by atoms with Gasteiger partial charge in [0.15, 0.2) is 0 Å². The Morgan fingerprint density at radius 3 is 2.68 bits per heavy atom. The van der Waals surface area contributed by atoms with E-state index in [1.807, 2.05) is 31.2 Å². The molecular formula is C13H15F3N2S. The molecule has 6 heteroatoms. The van der Waals surface area contributed by atoms with E-state index in [0.29, 0.717) is 18.0 Å². The molecule has 0 fully saturated rings. The van der Waals surface area contributed by atoms with Crippen LogP contribution in [0.1, 0.15) is 18.4 Å². The maximum atomic E-state index is 12.9. The summed E-state index contributed by atoms with van der Waals surface area (Å²) in [5.41, 5.74) is 0.763. The molecule has 1 atom stereocenters. The van der Waals surface area contributed by atoms with Gasteiger partial charge < -0.3 is 5.32 Å². The molecule has 2 nitrogen and oxygen atoms in total. The highest BCUT2D eigenvalue weighted by Crippen LogP contribution is 2.27. The highest BCUT2D eigenvalue weighted by molar-refractivity contribution is 7.18. The highest BCUT2D eigenvalue weighted by Gasteiger charge is 2.39. The number of thiazole rings is 1. The Morgan fingerprint density at radius 1 is 1.32 bits per heavy atom. The van der Waals surface area contributed by atoms with Gasteiger partial charge in [0.25, 0.3) is 0 Å². The average Bonchev–Trinajstić information content (AvgIpc) is 2.75. The third-order valence-electron chi connectivity index (χ3n) is 2.75. The third kappa shape index (κ3) is 3.67. The van der Waals surface area contributed by atoms with Crippen molar-refractivity contribution in [1.29, 1.82) is 0 Å². The van der Waals surface area contributed by atoms with Crippen LogP contribution < -0.4 is 5.32 Å². The normalized spacial score (nSPS) is 13.9. The van der Waals surface area contributed by atoms with Crippen molar-refractivity contribution in [3.8, 4) is 0 Å². The van der Waals surface area contributed by atoms with Gasteiger partial charge in [-0.05, 0) is 25.1 Å². The number of rotatable bonds is 5. The molecule has 1 aromatic carbocycles. The minimum atomic E-state index is -4.24. The Hall–Kier alpha value is -1.14. The molecular weight excluding hydrogens is 273 g/mol. The Labute approximate surface area is 113 Å². The van der Waals surface area contributed by atoms with Crippen LogP contribution in [0.3, 0.4) is 0 Å². The lowest BCUT2D eigenvalue weighted by atomic mass is 10.2. The molecule has 0 saturated heterocycles. The van der Waals surface area contributed by atoms with Gasteiger partial charge in [0.1, 0.15) is 6.04 Å². The Bertz CT molecular complexity index is 503. The van der Waals surface area contributed by atoms with E-state index in [1.54, 1.807) is 0 Å². The second kappa shape index (κ2) is 5.88. The molecule has 104 valence electrons. The molecule has 0 bridgehead atoms. The molecule has 1 heterocycles. The summed E-state index contributed by atoms with van der Waals surface area (Å²) in [6.45, 7) is 2.20. The van der Waals surface area contributed by atoms with Gasteiger partial charge in [0, 0.05) is 6.42 Å². The van der Waals surface area contributed by atoms with E-state index in [2.05, 4.69) is 10.3 Å². The molecule has 0 aliphatic heterocycles. The van der Waals surface area contributed by atoms with Crippen LogP contribution in [0, 0.1) is 0 Å². The lowest BCUT2D eigenvalue weighted by Gasteiger charge is -2.20. The quantitative estimate of drug-likeness (QED) is 0.906. The van der Waals surface area contributed by atoms with Gasteiger partial charge in [-0.3, -0.25) is 0 Å². The van der Waals surface area contributed by atoms with Gasteiger partial charge in [-0.2, -0.15) is 13.2 Å². The predicted molar refractivity (Wildman–Crippen MR) is 71.5 cm³/mol. The van der Waals surface area contributed by atoms with Crippen LogP contribution in [0.25, 0.3) is 10.2 Å². The Morgan fingerprint density at radius 2 is 2.05 bits per heavy atom. The van der Waals surface area contributed by atoms with Crippen LogP contribution in [0.15, 0.2) is 24.3 Å². The number of nitrogens with zero attached hydrogens (tertiary/aromatic N) is 1. The number of benzene rings is 1. The molecule has 0 aliphatic rings. The first-order valence-corrected chi connectivity index (χ1v) is 6.97. The second-order valence-electron chi connectivity index (χ2n) is 4.33. The lowest BCUT2D eigenvalue weighted by Crippen LogP contribution is -2.44. The smallest absolute Gasteiger partial charge is 0.306 e. The molecule has 1 N–H and O–H groups in total. The van der Waals surface area contributed by atoms with Crippen LogP contribution in [0.5, 0.6) is 0 Å². The van der Waals surface area contributed by atoms with Crippen molar-refractivity contribution in [3.05, 3.63) is 29.3 Å². The van der Waals surface area contributed by atoms with E-state index in [-0.39, 0.29) is 6.42 Å². The van der Waals surface area contributed by atoms with Gasteiger partial charge in [0.05, 0.1) is 15.2 Å². The molecule has 0 amide bonds. The van der Waals surface area contributed by atoms with Crippen LogP contribution >= 0.6 is 11.3 Å². The predicted octanol–water partition coefficient (Wildman–Crippen LogP) is 3.77. The number of hydrogen-bond acceptors (Lipinski definition) is 3. The Kier molecular flexibility index (Phi) is 4.42. The zero-order chi connectivity index (χ0) is 13.9. The molecule has 0 radical (unpaired) electrons. The maximum Gasteiger partial charge on any atom is 0.404 e. The van der Waals surface area contributed by atoms with E-state index < -0.39 is 12.2 Å². The first kappa shape index (κ1) is 14.3.